The van der Waals surface area contributed by atoms with Crippen LogP contribution in [-0.4, -0.2) is 158 Å². The van der Waals surface area contributed by atoms with E-state index in [1.54, 1.807) is 88.0 Å². The van der Waals surface area contributed by atoms with Gasteiger partial charge in [-0.1, -0.05) is 97.4 Å². The zero-order chi connectivity index (χ0) is 55.4. The number of nitrogens with one attached hydrogen (secondary N) is 5. The molecular weight excluding hydrogens is 951 g/mol. The number of methoxy groups -OCH3 is 2. The Balaban J connectivity index is 1.69. The van der Waals surface area contributed by atoms with E-state index in [9.17, 15) is 38.7 Å². The quantitative estimate of drug-likeness (QED) is 0.0554. The fourth-order valence-electron chi connectivity index (χ4n) is 9.78. The van der Waals surface area contributed by atoms with Gasteiger partial charge in [-0.05, 0) is 80.7 Å². The molecule has 20 heteroatoms. The van der Waals surface area contributed by atoms with Crippen LogP contribution in [0.15, 0.2) is 54.6 Å². The molecule has 0 radical (unpaired) electrons. The highest BCUT2D eigenvalue weighted by Gasteiger charge is 2.44. The summed E-state index contributed by atoms with van der Waals surface area (Å²) < 4.78 is 17.7. The molecule has 0 saturated carbocycles. The molecule has 74 heavy (non-hydrogen) atoms. The molecule has 0 bridgehead atoms. The average Bonchev–Trinajstić information content (AvgIpc) is 3.86. The van der Waals surface area contributed by atoms with Gasteiger partial charge in [0.25, 0.3) is 0 Å². The van der Waals surface area contributed by atoms with E-state index in [2.05, 4.69) is 26.6 Å². The highest BCUT2D eigenvalue weighted by atomic mass is 16.6. The molecule has 1 fully saturated rings. The lowest BCUT2D eigenvalue weighted by Crippen LogP contribution is -2.60. The Bertz CT molecular complexity index is 2110. The molecule has 8 N–H and O–H groups in total. The van der Waals surface area contributed by atoms with Crippen molar-refractivity contribution in [3.8, 4) is 0 Å². The fourth-order valence-corrected chi connectivity index (χ4v) is 9.78. The number of hydrogen-bond acceptors (Lipinski definition) is 12. The summed E-state index contributed by atoms with van der Waals surface area (Å²) in [5.41, 5.74) is 6.96. The largest absolute Gasteiger partial charge is 0.445 e. The third kappa shape index (κ3) is 17.7. The Hall–Kier alpha value is -5.83. The molecule has 1 aliphatic heterocycles. The summed E-state index contributed by atoms with van der Waals surface area (Å²) >= 11 is 0. The average molecular weight is 1040 g/mol. The Morgan fingerprint density at radius 2 is 1.49 bits per heavy atom. The van der Waals surface area contributed by atoms with Crippen LogP contribution in [0.2, 0.25) is 0 Å². The van der Waals surface area contributed by atoms with E-state index in [1.165, 1.54) is 26.2 Å². The molecule has 8 amide bonds. The molecule has 1 aliphatic rings. The van der Waals surface area contributed by atoms with Crippen molar-refractivity contribution < 1.29 is 52.9 Å². The Morgan fingerprint density at radius 1 is 0.838 bits per heavy atom. The van der Waals surface area contributed by atoms with Crippen LogP contribution >= 0.6 is 0 Å². The first-order chi connectivity index (χ1) is 35.0. The Labute approximate surface area is 438 Å². The number of nitrogens with zero attached hydrogens (tertiary/aromatic N) is 3. The van der Waals surface area contributed by atoms with Crippen molar-refractivity contribution in [2.75, 3.05) is 53.8 Å². The molecule has 0 aliphatic carbocycles. The number of benzene rings is 2. The van der Waals surface area contributed by atoms with E-state index in [1.807, 2.05) is 45.9 Å². The number of rotatable bonds is 29. The van der Waals surface area contributed by atoms with Gasteiger partial charge in [-0.25, -0.2) is 9.59 Å². The van der Waals surface area contributed by atoms with Gasteiger partial charge in [0, 0.05) is 47.1 Å². The lowest BCUT2D eigenvalue weighted by atomic mass is 9.89. The Morgan fingerprint density at radius 3 is 2.04 bits per heavy atom. The number of urea groups is 1. The highest BCUT2D eigenvalue weighted by Crippen LogP contribution is 2.30. The zero-order valence-electron chi connectivity index (χ0n) is 46.0. The monoisotopic (exact) mass is 1040 g/mol. The summed E-state index contributed by atoms with van der Waals surface area (Å²) in [6.45, 7) is 15.4. The van der Waals surface area contributed by atoms with Crippen molar-refractivity contribution in [3.63, 3.8) is 0 Å². The van der Waals surface area contributed by atoms with Crippen LogP contribution in [0.4, 0.5) is 15.3 Å². The van der Waals surface area contributed by atoms with Gasteiger partial charge in [-0.2, -0.15) is 0 Å². The number of amides is 8. The van der Waals surface area contributed by atoms with Gasteiger partial charge in [0.05, 0.1) is 54.8 Å². The third-order valence-electron chi connectivity index (χ3n) is 14.3. The van der Waals surface area contributed by atoms with Crippen LogP contribution in [0.25, 0.3) is 0 Å². The van der Waals surface area contributed by atoms with Crippen molar-refractivity contribution in [2.45, 2.75) is 155 Å². The van der Waals surface area contributed by atoms with Gasteiger partial charge in [0.15, 0.2) is 0 Å². The van der Waals surface area contributed by atoms with E-state index < -0.39 is 78.5 Å². The summed E-state index contributed by atoms with van der Waals surface area (Å²) in [4.78, 5) is 98.7. The maximum atomic E-state index is 14.7. The van der Waals surface area contributed by atoms with E-state index in [4.69, 9.17) is 19.9 Å². The number of hydrogen-bond donors (Lipinski definition) is 7. The first kappa shape index (κ1) is 62.5. The number of aliphatic hydroxyl groups is 1. The predicted molar refractivity (Wildman–Crippen MR) is 283 cm³/mol. The normalized spacial score (nSPS) is 17.6. The minimum Gasteiger partial charge on any atom is -0.445 e. The molecule has 20 nitrogen and oxygen atoms in total. The molecule has 2 aromatic rings. The summed E-state index contributed by atoms with van der Waals surface area (Å²) in [5, 5.41) is 25.1. The molecule has 1 saturated heterocycles. The third-order valence-corrected chi connectivity index (χ3v) is 14.3. The summed E-state index contributed by atoms with van der Waals surface area (Å²) in [6.07, 6.45) is -0.128. The number of carbonyl (C=O) groups excluding carboxylic acids is 7. The number of ether oxygens (including phenoxy) is 3. The zero-order valence-corrected chi connectivity index (χ0v) is 46.0. The van der Waals surface area contributed by atoms with Gasteiger partial charge >= 0.3 is 12.1 Å². The topological polar surface area (TPSA) is 263 Å². The van der Waals surface area contributed by atoms with Crippen LogP contribution in [0.5, 0.6) is 0 Å². The lowest BCUT2D eigenvalue weighted by molar-refractivity contribution is -0.148. The van der Waals surface area contributed by atoms with E-state index in [0.29, 0.717) is 62.0 Å². The molecule has 0 aromatic heterocycles. The molecule has 2 aromatic carbocycles. The summed E-state index contributed by atoms with van der Waals surface area (Å²) in [6, 6.07) is 11.2. The minimum absolute atomic E-state index is 0.0597. The first-order valence-electron chi connectivity index (χ1n) is 26.0. The molecule has 11 atom stereocenters. The Kier molecular flexibility index (Phi) is 25.8. The van der Waals surface area contributed by atoms with Crippen LogP contribution in [0.3, 0.4) is 0 Å². The minimum atomic E-state index is -1.01. The number of likely N-dealkylation sites (tertiary alicyclic amines) is 1. The van der Waals surface area contributed by atoms with Gasteiger partial charge in [0.2, 0.25) is 29.5 Å². The summed E-state index contributed by atoms with van der Waals surface area (Å²) in [5.74, 6) is -3.25. The van der Waals surface area contributed by atoms with E-state index in [-0.39, 0.29) is 54.4 Å². The highest BCUT2D eigenvalue weighted by molar-refractivity contribution is 5.95. The number of carbonyl (C=O) groups is 7. The first-order valence-corrected chi connectivity index (χ1v) is 26.0. The molecule has 1 heterocycles. The van der Waals surface area contributed by atoms with Crippen molar-refractivity contribution in [1.29, 1.82) is 0 Å². The predicted octanol–water partition coefficient (Wildman–Crippen LogP) is 4.55. The standard InChI is InChI=1S/C54H87N9O11/c1-14-34(6)46(42(72-12)30-43(64)63-29-19-23-41(63)48(73-13)35(7)49(66)58-36(8)47(65)38-20-16-15-17-21-38)61(10)52(69)44(32(2)3)60-51(68)45(33(4)5)62(11)54(71)74-31-37-24-26-39(27-25-37)59-50(67)40(56-9)22-18-28-57-53(55)70/h15-17,20-21,24-27,32-36,40-42,44-48,56,65H,14,18-19,22-23,28-31H2,1-13H3,(H,58,66)(H,59,67)(H,60,68)(H3,55,57,70)/t34-,35+,36+,40-,41-,42+,44-,45-,46-,47+,48+/m0/s1. The molecule has 0 unspecified atom stereocenters. The van der Waals surface area contributed by atoms with Crippen molar-refractivity contribution in [3.05, 3.63) is 65.7 Å². The second-order valence-corrected chi connectivity index (χ2v) is 20.3. The maximum Gasteiger partial charge on any atom is 0.410 e. The van der Waals surface area contributed by atoms with Gasteiger partial charge < -0.3 is 61.4 Å². The summed E-state index contributed by atoms with van der Waals surface area (Å²) in [7, 11) is 7.84. The number of likely N-dealkylation sites (N-methyl/N-ethyl adjacent to an activating group) is 3. The molecule has 0 spiro atoms. The molecule has 414 valence electrons. The van der Waals surface area contributed by atoms with Gasteiger partial charge in [-0.15, -0.1) is 0 Å². The molecule has 3 rings (SSSR count). The van der Waals surface area contributed by atoms with E-state index in [0.717, 1.165) is 0 Å². The smallest absolute Gasteiger partial charge is 0.410 e. The SMILES string of the molecule is CC[C@H](C)[C@@H]([C@@H](CC(=O)N1CCC[C@H]1[C@H](OC)[C@@H](C)C(=O)N[C@H](C)[C@@H](O)c1ccccc1)OC)N(C)C(=O)[C@@H](NC(=O)[C@H](C(C)C)N(C)C(=O)OCc1ccc(NC(=O)[C@H](CCCNC(N)=O)NC)cc1)C(C)C. The lowest BCUT2D eigenvalue weighted by Gasteiger charge is -2.41. The number of nitrogens with two attached hydrogens (primary N) is 1. The second kappa shape index (κ2) is 30.5. The maximum absolute atomic E-state index is 14.7. The van der Waals surface area contributed by atoms with Crippen LogP contribution in [-0.2, 0) is 44.8 Å². The van der Waals surface area contributed by atoms with Crippen LogP contribution in [0.1, 0.15) is 111 Å². The van der Waals surface area contributed by atoms with Crippen molar-refractivity contribution in [1.82, 2.24) is 36.0 Å². The second-order valence-electron chi connectivity index (χ2n) is 20.3. The van der Waals surface area contributed by atoms with Gasteiger partial charge in [-0.3, -0.25) is 28.9 Å². The van der Waals surface area contributed by atoms with Gasteiger partial charge in [0.1, 0.15) is 18.7 Å². The van der Waals surface area contributed by atoms with Crippen LogP contribution < -0.4 is 32.3 Å². The number of anilines is 1. The van der Waals surface area contributed by atoms with E-state index >= 15 is 0 Å². The van der Waals surface area contributed by atoms with Crippen molar-refractivity contribution >= 4 is 47.3 Å². The molecular formula is C54H87N9O11. The van der Waals surface area contributed by atoms with Crippen molar-refractivity contribution in [2.24, 2.45) is 29.4 Å². The van der Waals surface area contributed by atoms with Crippen LogP contribution in [0, 0.1) is 23.7 Å². The fraction of sp³-hybridized carbons (Fsp3) is 0.648. The number of primary amides is 1. The number of aliphatic hydroxyl groups excluding tert-OH is 1.